The quantitative estimate of drug-likeness (QED) is 0.107. The molecule has 1 saturated carbocycles. The molecule has 0 radical (unpaired) electrons. The summed E-state index contributed by atoms with van der Waals surface area (Å²) in [5.74, 6) is -9.28. The minimum atomic E-state index is -2.58. The van der Waals surface area contributed by atoms with E-state index in [1.807, 2.05) is 0 Å². The van der Waals surface area contributed by atoms with Gasteiger partial charge in [0.05, 0.1) is 12.7 Å². The summed E-state index contributed by atoms with van der Waals surface area (Å²) in [6.45, 7) is -0.716. The van der Waals surface area contributed by atoms with Crippen LogP contribution in [0.5, 0.6) is 23.0 Å². The fraction of sp³-hybridized carbons (Fsp3) is 0.355. The fourth-order valence-electron chi connectivity index (χ4n) is 6.12. The Morgan fingerprint density at radius 2 is 1.63 bits per heavy atom. The number of phenolic OH excluding ortho intramolecular Hbond substituents is 4. The van der Waals surface area contributed by atoms with Crippen molar-refractivity contribution in [2.75, 3.05) is 6.61 Å². The highest BCUT2D eigenvalue weighted by Gasteiger charge is 2.62. The second kappa shape index (κ2) is 12.1. The van der Waals surface area contributed by atoms with E-state index in [-0.39, 0.29) is 11.1 Å². The second-order valence-corrected chi connectivity index (χ2v) is 11.4. The first kappa shape index (κ1) is 32.4. The van der Waals surface area contributed by atoms with Crippen LogP contribution < -0.4 is 0 Å². The molecule has 8 atom stereocenters. The molecule has 3 aliphatic rings. The molecular weight excluding hydrogens is 612 g/mol. The fourth-order valence-corrected chi connectivity index (χ4v) is 6.12. The molecule has 1 saturated heterocycles. The molecule has 2 fully saturated rings. The van der Waals surface area contributed by atoms with Crippen molar-refractivity contribution in [3.63, 3.8) is 0 Å². The maximum Gasteiger partial charge on any atom is 0.335 e. The normalized spacial score (nSPS) is 31.9. The number of ether oxygens (including phenoxy) is 3. The third-order valence-corrected chi connectivity index (χ3v) is 8.41. The van der Waals surface area contributed by atoms with E-state index in [0.29, 0.717) is 0 Å². The third kappa shape index (κ3) is 5.88. The minimum absolute atomic E-state index is 0.172. The van der Waals surface area contributed by atoms with Crippen molar-refractivity contribution < 1.29 is 74.2 Å². The Labute approximate surface area is 259 Å². The first-order chi connectivity index (χ1) is 21.7. The molecule has 8 N–H and O–H groups in total. The van der Waals surface area contributed by atoms with Crippen LogP contribution in [0.25, 0.3) is 6.08 Å². The number of hydrogen-bond acceptors (Lipinski definition) is 14. The SMILES string of the molecule is O=C(/C=C/c1ccc(O)c(O)c1)O[C@@H]1C[C@@](O)(C(=O)O)C[C@@H](O)[C@@H]1OC(=O)[C@@H]1[C@@H](c2ccc(O)c(O)c2)[C@@]2(CO)C=CC(=O)[C@@H]1O2. The van der Waals surface area contributed by atoms with Crippen molar-refractivity contribution in [2.24, 2.45) is 5.92 Å². The van der Waals surface area contributed by atoms with Crippen LogP contribution in [-0.4, -0.2) is 107 Å². The summed E-state index contributed by atoms with van der Waals surface area (Å²) in [7, 11) is 0. The molecule has 244 valence electrons. The van der Waals surface area contributed by atoms with Gasteiger partial charge in [0.15, 0.2) is 40.5 Å². The highest BCUT2D eigenvalue weighted by atomic mass is 16.6. The van der Waals surface area contributed by atoms with Crippen LogP contribution >= 0.6 is 0 Å². The third-order valence-electron chi connectivity index (χ3n) is 8.41. The maximum atomic E-state index is 13.9. The van der Waals surface area contributed by atoms with Gasteiger partial charge in [-0.2, -0.15) is 0 Å². The number of hydrogen-bond donors (Lipinski definition) is 8. The summed E-state index contributed by atoms with van der Waals surface area (Å²) in [4.78, 5) is 51.3. The van der Waals surface area contributed by atoms with Crippen LogP contribution in [0.2, 0.25) is 0 Å². The van der Waals surface area contributed by atoms with Crippen LogP contribution in [0.1, 0.15) is 29.9 Å². The lowest BCUT2D eigenvalue weighted by molar-refractivity contribution is -0.209. The average molecular weight is 643 g/mol. The van der Waals surface area contributed by atoms with Gasteiger partial charge in [-0.1, -0.05) is 12.1 Å². The number of ketones is 1. The molecule has 2 heterocycles. The number of benzene rings is 2. The zero-order chi connectivity index (χ0) is 33.6. The number of carboxylic acids is 1. The summed E-state index contributed by atoms with van der Waals surface area (Å²) < 4.78 is 16.8. The number of rotatable bonds is 8. The van der Waals surface area contributed by atoms with Crippen LogP contribution in [0.4, 0.5) is 0 Å². The van der Waals surface area contributed by atoms with Gasteiger partial charge in [0, 0.05) is 24.8 Å². The van der Waals surface area contributed by atoms with Gasteiger partial charge in [-0.15, -0.1) is 0 Å². The van der Waals surface area contributed by atoms with E-state index in [9.17, 15) is 60.0 Å². The monoisotopic (exact) mass is 642 g/mol. The minimum Gasteiger partial charge on any atom is -0.504 e. The number of esters is 2. The molecule has 2 aromatic carbocycles. The molecule has 15 nitrogen and oxygen atoms in total. The number of aliphatic carboxylic acids is 1. The van der Waals surface area contributed by atoms with Gasteiger partial charge < -0.3 is 55.1 Å². The van der Waals surface area contributed by atoms with Crippen LogP contribution in [0, 0.1) is 5.92 Å². The number of phenols is 4. The molecular formula is C31H30O15. The molecule has 2 aromatic rings. The van der Waals surface area contributed by atoms with E-state index < -0.39 is 114 Å². The van der Waals surface area contributed by atoms with Gasteiger partial charge in [0.1, 0.15) is 23.7 Å². The number of aliphatic hydroxyl groups excluding tert-OH is 2. The van der Waals surface area contributed by atoms with Crippen molar-refractivity contribution in [3.8, 4) is 23.0 Å². The molecule has 5 rings (SSSR count). The summed E-state index contributed by atoms with van der Waals surface area (Å²) >= 11 is 0. The Kier molecular flexibility index (Phi) is 8.53. The van der Waals surface area contributed by atoms with Crippen LogP contribution in [0.15, 0.2) is 54.6 Å². The smallest absolute Gasteiger partial charge is 0.335 e. The van der Waals surface area contributed by atoms with E-state index in [2.05, 4.69) is 0 Å². The Hall–Kier alpha value is -4.96. The predicted octanol–water partition coefficient (Wildman–Crippen LogP) is -0.0150. The zero-order valence-corrected chi connectivity index (χ0v) is 23.8. The van der Waals surface area contributed by atoms with Gasteiger partial charge in [0.25, 0.3) is 0 Å². The van der Waals surface area contributed by atoms with Crippen molar-refractivity contribution in [1.82, 2.24) is 0 Å². The number of aliphatic hydroxyl groups is 3. The lowest BCUT2D eigenvalue weighted by Gasteiger charge is -2.41. The number of aromatic hydroxyl groups is 4. The number of carbonyl (C=O) groups excluding carboxylic acids is 3. The Balaban J connectivity index is 1.44. The van der Waals surface area contributed by atoms with E-state index in [4.69, 9.17) is 14.2 Å². The highest BCUT2D eigenvalue weighted by molar-refractivity contribution is 5.99. The highest BCUT2D eigenvalue weighted by Crippen LogP contribution is 2.52. The summed E-state index contributed by atoms with van der Waals surface area (Å²) in [6.07, 6.45) is -4.02. The average Bonchev–Trinajstić information content (AvgIpc) is 3.29. The van der Waals surface area contributed by atoms with Gasteiger partial charge in [-0.3, -0.25) is 9.59 Å². The number of carbonyl (C=O) groups is 4. The first-order valence-corrected chi connectivity index (χ1v) is 14.0. The first-order valence-electron chi connectivity index (χ1n) is 14.0. The van der Waals surface area contributed by atoms with E-state index in [0.717, 1.165) is 36.4 Å². The maximum absolute atomic E-state index is 13.9. The van der Waals surface area contributed by atoms with Gasteiger partial charge >= 0.3 is 17.9 Å². The van der Waals surface area contributed by atoms with Gasteiger partial charge in [0.2, 0.25) is 0 Å². The van der Waals surface area contributed by atoms with Gasteiger partial charge in [-0.05, 0) is 53.6 Å². The molecule has 0 unspecified atom stereocenters. The van der Waals surface area contributed by atoms with Gasteiger partial charge in [-0.25, -0.2) is 9.59 Å². The molecule has 0 amide bonds. The lowest BCUT2D eigenvalue weighted by Crippen LogP contribution is -2.58. The Morgan fingerprint density at radius 1 is 0.957 bits per heavy atom. The zero-order valence-electron chi connectivity index (χ0n) is 23.8. The Bertz CT molecular complexity index is 1630. The molecule has 0 aromatic heterocycles. The van der Waals surface area contributed by atoms with Crippen molar-refractivity contribution in [1.29, 1.82) is 0 Å². The van der Waals surface area contributed by atoms with Crippen LogP contribution in [0.3, 0.4) is 0 Å². The topological polar surface area (TPSA) is 258 Å². The van der Waals surface area contributed by atoms with Crippen molar-refractivity contribution in [3.05, 3.63) is 65.8 Å². The largest absolute Gasteiger partial charge is 0.504 e. The molecule has 2 bridgehead atoms. The summed E-state index contributed by atoms with van der Waals surface area (Å²) in [5.41, 5.74) is -3.79. The second-order valence-electron chi connectivity index (χ2n) is 11.4. The van der Waals surface area contributed by atoms with Crippen molar-refractivity contribution >= 4 is 29.8 Å². The summed E-state index contributed by atoms with van der Waals surface area (Å²) in [6, 6.07) is 7.25. The molecule has 2 aliphatic heterocycles. The molecule has 15 heteroatoms. The predicted molar refractivity (Wildman–Crippen MR) is 151 cm³/mol. The molecule has 46 heavy (non-hydrogen) atoms. The van der Waals surface area contributed by atoms with E-state index in [1.165, 1.54) is 24.3 Å². The van der Waals surface area contributed by atoms with E-state index in [1.54, 1.807) is 0 Å². The number of carboxylic acid groups (broad SMARTS) is 1. The molecule has 0 spiro atoms. The Morgan fingerprint density at radius 3 is 2.26 bits per heavy atom. The standard InChI is InChI=1S/C31H30O15/c32-13-31-8-7-18(35)27(46-31)24(25(31)15-3-5-17(34)20(37)10-15)28(40)45-26-21(38)11-30(43,29(41)42)12-22(26)44-23(39)6-2-14-1-4-16(33)19(36)9-14/h1-10,21-22,24-27,32-34,36-38,43H,11-13H2,(H,41,42)/b6-2+/t21-,22-,24-,25-,26+,27+,30-,31+/m1/s1. The lowest BCUT2D eigenvalue weighted by atomic mass is 9.75. The van der Waals surface area contributed by atoms with Crippen LogP contribution in [-0.2, 0) is 33.4 Å². The summed E-state index contributed by atoms with van der Waals surface area (Å²) in [5, 5.41) is 80.6. The molecule has 1 aliphatic carbocycles. The number of fused-ring (bicyclic) bond motifs is 2. The van der Waals surface area contributed by atoms with E-state index >= 15 is 0 Å². The van der Waals surface area contributed by atoms with Crippen molar-refractivity contribution in [2.45, 2.75) is 54.4 Å².